The molecule has 0 fully saturated rings. The fourth-order valence-corrected chi connectivity index (χ4v) is 1.78. The van der Waals surface area contributed by atoms with Crippen molar-refractivity contribution in [1.82, 2.24) is 0 Å². The van der Waals surface area contributed by atoms with Gasteiger partial charge in [-0.1, -0.05) is 48.9 Å². The number of benzene rings is 2. The fourth-order valence-electron chi connectivity index (χ4n) is 1.78. The molecule has 0 N–H and O–H groups in total. The van der Waals surface area contributed by atoms with Gasteiger partial charge in [0.1, 0.15) is 5.75 Å². The lowest BCUT2D eigenvalue weighted by atomic mass is 10.0. The Morgan fingerprint density at radius 3 is 2.05 bits per heavy atom. The molecule has 0 unspecified atom stereocenters. The summed E-state index contributed by atoms with van der Waals surface area (Å²) in [6, 6.07) is 14.8. The van der Waals surface area contributed by atoms with Gasteiger partial charge in [-0.15, -0.1) is 6.58 Å². The molecule has 0 radical (unpaired) electrons. The minimum absolute atomic E-state index is 0.913. The monoisotopic (exact) mass is 268 g/mol. The van der Waals surface area contributed by atoms with E-state index in [-0.39, 0.29) is 0 Å². The third-order valence-electron chi connectivity index (χ3n) is 2.96. The van der Waals surface area contributed by atoms with Crippen LogP contribution in [-0.2, 0) is 0 Å². The molecule has 2 aromatic rings. The first-order valence-electron chi connectivity index (χ1n) is 6.94. The van der Waals surface area contributed by atoms with Gasteiger partial charge in [-0.3, -0.25) is 0 Å². The summed E-state index contributed by atoms with van der Waals surface area (Å²) in [5, 5.41) is 0. The Hall–Kier alpha value is -2.02. The molecule has 0 saturated heterocycles. The zero-order chi connectivity index (χ0) is 15.0. The Labute approximate surface area is 122 Å². The third kappa shape index (κ3) is 4.93. The van der Waals surface area contributed by atoms with Gasteiger partial charge < -0.3 is 4.74 Å². The maximum atomic E-state index is 5.28. The molecule has 2 aromatic carbocycles. The molecule has 1 heteroatoms. The van der Waals surface area contributed by atoms with Crippen LogP contribution in [0.25, 0.3) is 11.1 Å². The first kappa shape index (κ1) is 16.0. The van der Waals surface area contributed by atoms with Crippen LogP contribution in [0.4, 0.5) is 0 Å². The highest BCUT2D eigenvalue weighted by Gasteiger charge is 2.01. The molecule has 0 aromatic heterocycles. The van der Waals surface area contributed by atoms with Crippen LogP contribution < -0.4 is 4.74 Å². The van der Waals surface area contributed by atoms with E-state index in [9.17, 15) is 0 Å². The van der Waals surface area contributed by atoms with E-state index in [0.29, 0.717) is 0 Å². The summed E-state index contributed by atoms with van der Waals surface area (Å²) in [5.41, 5.74) is 4.93. The number of hydrogen-bond acceptors (Lipinski definition) is 1. The highest BCUT2D eigenvalue weighted by Crippen LogP contribution is 2.25. The van der Waals surface area contributed by atoms with Crippen molar-refractivity contribution in [1.29, 1.82) is 0 Å². The predicted octanol–water partition coefficient (Wildman–Crippen LogP) is 5.56. The lowest BCUT2D eigenvalue weighted by Gasteiger charge is -2.07. The molecule has 0 spiro atoms. The first-order chi connectivity index (χ1) is 9.60. The predicted molar refractivity (Wildman–Crippen MR) is 88.4 cm³/mol. The Bertz CT molecular complexity index is 538. The van der Waals surface area contributed by atoms with Gasteiger partial charge in [0.2, 0.25) is 0 Å². The lowest BCUT2D eigenvalue weighted by molar-refractivity contribution is 0.414. The fraction of sp³-hybridized carbons (Fsp3) is 0.263. The minimum Gasteiger partial charge on any atom is -0.497 e. The van der Waals surface area contributed by atoms with Crippen molar-refractivity contribution >= 4 is 0 Å². The summed E-state index contributed by atoms with van der Waals surface area (Å²) in [6.07, 6.45) is 2.96. The van der Waals surface area contributed by atoms with Gasteiger partial charge >= 0.3 is 0 Å². The average Bonchev–Trinajstić information content (AvgIpc) is 2.47. The van der Waals surface area contributed by atoms with Crippen molar-refractivity contribution < 1.29 is 4.74 Å². The maximum Gasteiger partial charge on any atom is 0.119 e. The molecule has 0 bridgehead atoms. The van der Waals surface area contributed by atoms with Crippen LogP contribution in [-0.4, -0.2) is 7.11 Å². The molecule has 0 saturated carbocycles. The average molecular weight is 268 g/mol. The van der Waals surface area contributed by atoms with Crippen LogP contribution in [0.15, 0.2) is 55.1 Å². The SMILES string of the molecule is C=CCC.COc1cc(C)cc(-c2ccc(C)cc2)c1. The van der Waals surface area contributed by atoms with Crippen LogP contribution in [0.3, 0.4) is 0 Å². The second-order valence-corrected chi connectivity index (χ2v) is 4.80. The molecule has 0 aliphatic rings. The zero-order valence-corrected chi connectivity index (χ0v) is 12.9. The van der Waals surface area contributed by atoms with E-state index in [2.05, 4.69) is 63.7 Å². The van der Waals surface area contributed by atoms with Gasteiger partial charge in [0.25, 0.3) is 0 Å². The summed E-state index contributed by atoms with van der Waals surface area (Å²) < 4.78 is 5.28. The van der Waals surface area contributed by atoms with Gasteiger partial charge in [0.15, 0.2) is 0 Å². The second kappa shape index (κ2) is 8.21. The minimum atomic E-state index is 0.913. The molecular weight excluding hydrogens is 244 g/mol. The topological polar surface area (TPSA) is 9.23 Å². The highest BCUT2D eigenvalue weighted by atomic mass is 16.5. The molecule has 0 amide bonds. The number of aryl methyl sites for hydroxylation is 2. The van der Waals surface area contributed by atoms with Crippen molar-refractivity contribution in [2.24, 2.45) is 0 Å². The summed E-state index contributed by atoms with van der Waals surface area (Å²) in [5.74, 6) is 0.913. The maximum absolute atomic E-state index is 5.28. The molecule has 1 nitrogen and oxygen atoms in total. The number of hydrogen-bond donors (Lipinski definition) is 0. The first-order valence-corrected chi connectivity index (χ1v) is 6.94. The lowest BCUT2D eigenvalue weighted by Crippen LogP contribution is -1.86. The van der Waals surface area contributed by atoms with Gasteiger partial charge in [0.05, 0.1) is 7.11 Å². The van der Waals surface area contributed by atoms with E-state index in [1.165, 1.54) is 22.3 Å². The van der Waals surface area contributed by atoms with Gasteiger partial charge in [0, 0.05) is 0 Å². The van der Waals surface area contributed by atoms with E-state index in [1.54, 1.807) is 7.11 Å². The molecule has 2 rings (SSSR count). The normalized spacial score (nSPS) is 9.40. The van der Waals surface area contributed by atoms with E-state index in [1.807, 2.05) is 12.1 Å². The molecule has 0 aliphatic carbocycles. The molecular formula is C19H24O. The van der Waals surface area contributed by atoms with Crippen LogP contribution >= 0.6 is 0 Å². The Kier molecular flexibility index (Phi) is 6.58. The third-order valence-corrected chi connectivity index (χ3v) is 2.96. The second-order valence-electron chi connectivity index (χ2n) is 4.80. The molecule has 0 aliphatic heterocycles. The van der Waals surface area contributed by atoms with Crippen molar-refractivity contribution in [3.05, 3.63) is 66.2 Å². The molecule has 0 heterocycles. The number of allylic oxidation sites excluding steroid dienone is 1. The molecule has 106 valence electrons. The molecule has 0 atom stereocenters. The Morgan fingerprint density at radius 1 is 0.950 bits per heavy atom. The summed E-state index contributed by atoms with van der Waals surface area (Å²) in [6.45, 7) is 9.72. The zero-order valence-electron chi connectivity index (χ0n) is 12.9. The van der Waals surface area contributed by atoms with Crippen molar-refractivity contribution in [2.75, 3.05) is 7.11 Å². The van der Waals surface area contributed by atoms with E-state index >= 15 is 0 Å². The van der Waals surface area contributed by atoms with E-state index in [0.717, 1.165) is 12.2 Å². The van der Waals surface area contributed by atoms with Crippen LogP contribution in [0.1, 0.15) is 24.5 Å². The smallest absolute Gasteiger partial charge is 0.119 e. The van der Waals surface area contributed by atoms with Crippen molar-refractivity contribution in [2.45, 2.75) is 27.2 Å². The summed E-state index contributed by atoms with van der Waals surface area (Å²) in [7, 11) is 1.70. The van der Waals surface area contributed by atoms with E-state index < -0.39 is 0 Å². The quantitative estimate of drug-likeness (QED) is 0.662. The number of methoxy groups -OCH3 is 1. The Balaban J connectivity index is 0.000000444. The highest BCUT2D eigenvalue weighted by molar-refractivity contribution is 5.66. The van der Waals surface area contributed by atoms with Gasteiger partial charge in [-0.25, -0.2) is 0 Å². The van der Waals surface area contributed by atoms with Crippen molar-refractivity contribution in [3.8, 4) is 16.9 Å². The van der Waals surface area contributed by atoms with Gasteiger partial charge in [-0.2, -0.15) is 0 Å². The summed E-state index contributed by atoms with van der Waals surface area (Å²) >= 11 is 0. The van der Waals surface area contributed by atoms with Crippen LogP contribution in [0.2, 0.25) is 0 Å². The Morgan fingerprint density at radius 2 is 1.55 bits per heavy atom. The van der Waals surface area contributed by atoms with Gasteiger partial charge in [-0.05, 0) is 49.1 Å². The molecule has 20 heavy (non-hydrogen) atoms. The van der Waals surface area contributed by atoms with E-state index in [4.69, 9.17) is 4.74 Å². The standard InChI is InChI=1S/C15H16O.C4H8/c1-11-4-6-13(7-5-11)14-8-12(2)9-15(10-14)16-3;1-3-4-2/h4-10H,1-3H3;3H,1,4H2,2H3. The number of ether oxygens (including phenoxy) is 1. The largest absolute Gasteiger partial charge is 0.497 e. The van der Waals surface area contributed by atoms with Crippen LogP contribution in [0, 0.1) is 13.8 Å². The number of rotatable bonds is 3. The van der Waals surface area contributed by atoms with Crippen molar-refractivity contribution in [3.63, 3.8) is 0 Å². The summed E-state index contributed by atoms with van der Waals surface area (Å²) in [4.78, 5) is 0. The van der Waals surface area contributed by atoms with Crippen LogP contribution in [0.5, 0.6) is 5.75 Å².